The summed E-state index contributed by atoms with van der Waals surface area (Å²) in [4.78, 5) is 15.7. The average Bonchev–Trinajstić information content (AvgIpc) is 3.35. The first kappa shape index (κ1) is 15.0. The van der Waals surface area contributed by atoms with Crippen molar-refractivity contribution in [2.45, 2.75) is 38.0 Å². The van der Waals surface area contributed by atoms with Crippen molar-refractivity contribution in [3.8, 4) is 0 Å². The van der Waals surface area contributed by atoms with Gasteiger partial charge in [-0.05, 0) is 44.1 Å². The molecular formula is C23H23NO2. The molecule has 2 saturated carbocycles. The van der Waals surface area contributed by atoms with Crippen molar-refractivity contribution >= 4 is 5.91 Å². The molecule has 3 fully saturated rings. The Labute approximate surface area is 154 Å². The van der Waals surface area contributed by atoms with Crippen LogP contribution in [0.25, 0.3) is 0 Å². The molecule has 1 amide bonds. The van der Waals surface area contributed by atoms with Gasteiger partial charge in [0.05, 0.1) is 6.61 Å². The molecule has 2 bridgehead atoms. The molecule has 4 aliphatic rings. The Hall–Kier alpha value is -2.13. The van der Waals surface area contributed by atoms with E-state index < -0.39 is 5.72 Å². The van der Waals surface area contributed by atoms with Gasteiger partial charge in [-0.15, -0.1) is 0 Å². The topological polar surface area (TPSA) is 29.5 Å². The lowest BCUT2D eigenvalue weighted by molar-refractivity contribution is -0.191. The van der Waals surface area contributed by atoms with Crippen molar-refractivity contribution in [3.63, 3.8) is 0 Å². The quantitative estimate of drug-likeness (QED) is 0.779. The van der Waals surface area contributed by atoms with Crippen LogP contribution >= 0.6 is 0 Å². The molecule has 0 radical (unpaired) electrons. The monoisotopic (exact) mass is 345 g/mol. The van der Waals surface area contributed by atoms with E-state index in [1.807, 2.05) is 18.2 Å². The van der Waals surface area contributed by atoms with Crippen LogP contribution in [-0.4, -0.2) is 23.5 Å². The maximum atomic E-state index is 13.5. The number of hydrogen-bond acceptors (Lipinski definition) is 2. The van der Waals surface area contributed by atoms with Crippen molar-refractivity contribution in [1.29, 1.82) is 0 Å². The van der Waals surface area contributed by atoms with E-state index in [9.17, 15) is 4.79 Å². The Balaban J connectivity index is 1.59. The molecule has 5 atom stereocenters. The minimum Gasteiger partial charge on any atom is -0.347 e. The van der Waals surface area contributed by atoms with Crippen molar-refractivity contribution in [2.24, 2.45) is 17.8 Å². The standard InChI is InChI=1S/C23H23NO2/c1-14-6-10-17(11-7-14)23-20-5-3-2-4-18(20)22(25)24(23)21-16-9-8-15(12-16)19(21)13-26-23/h2-7,10-11,15-16,19,21H,8-9,12-13H2,1H3/t15-,16+,19+,21-,23+/m1/s1. The van der Waals surface area contributed by atoms with Crippen LogP contribution in [0.15, 0.2) is 48.5 Å². The Morgan fingerprint density at radius 3 is 2.65 bits per heavy atom. The zero-order chi connectivity index (χ0) is 17.5. The highest BCUT2D eigenvalue weighted by atomic mass is 16.5. The number of rotatable bonds is 1. The molecule has 132 valence electrons. The smallest absolute Gasteiger partial charge is 0.257 e. The molecule has 0 aromatic heterocycles. The number of aryl methyl sites for hydroxylation is 1. The third kappa shape index (κ3) is 1.65. The van der Waals surface area contributed by atoms with E-state index in [-0.39, 0.29) is 5.91 Å². The maximum absolute atomic E-state index is 13.5. The fraction of sp³-hybridized carbons (Fsp3) is 0.435. The van der Waals surface area contributed by atoms with Gasteiger partial charge in [0.15, 0.2) is 5.72 Å². The molecule has 1 saturated heterocycles. The van der Waals surface area contributed by atoms with Crippen LogP contribution in [0.2, 0.25) is 0 Å². The molecule has 2 aromatic carbocycles. The first-order chi connectivity index (χ1) is 12.7. The predicted molar refractivity (Wildman–Crippen MR) is 98.6 cm³/mol. The van der Waals surface area contributed by atoms with E-state index >= 15 is 0 Å². The number of ether oxygens (including phenoxy) is 1. The Morgan fingerprint density at radius 1 is 1.04 bits per heavy atom. The molecule has 6 rings (SSSR count). The number of benzene rings is 2. The first-order valence-corrected chi connectivity index (χ1v) is 9.84. The van der Waals surface area contributed by atoms with E-state index in [1.54, 1.807) is 0 Å². The maximum Gasteiger partial charge on any atom is 0.257 e. The minimum absolute atomic E-state index is 0.156. The van der Waals surface area contributed by atoms with Crippen LogP contribution in [-0.2, 0) is 10.5 Å². The van der Waals surface area contributed by atoms with Gasteiger partial charge < -0.3 is 4.74 Å². The highest BCUT2D eigenvalue weighted by Gasteiger charge is 2.64. The van der Waals surface area contributed by atoms with Gasteiger partial charge in [-0.1, -0.05) is 48.0 Å². The van der Waals surface area contributed by atoms with Crippen LogP contribution in [0.5, 0.6) is 0 Å². The lowest BCUT2D eigenvalue weighted by Crippen LogP contribution is -2.61. The summed E-state index contributed by atoms with van der Waals surface area (Å²) in [5.41, 5.74) is 3.41. The van der Waals surface area contributed by atoms with E-state index in [4.69, 9.17) is 4.74 Å². The second kappa shape index (κ2) is 4.98. The Bertz CT molecular complexity index is 905. The molecule has 2 aliphatic heterocycles. The molecule has 2 heterocycles. The fourth-order valence-corrected chi connectivity index (χ4v) is 6.25. The van der Waals surface area contributed by atoms with Gasteiger partial charge in [-0.25, -0.2) is 0 Å². The van der Waals surface area contributed by atoms with E-state index in [1.165, 1.54) is 24.8 Å². The largest absolute Gasteiger partial charge is 0.347 e. The normalized spacial score (nSPS) is 36.8. The van der Waals surface area contributed by atoms with Crippen molar-refractivity contribution < 1.29 is 9.53 Å². The molecule has 3 nitrogen and oxygen atoms in total. The second-order valence-corrected chi connectivity index (χ2v) is 8.53. The summed E-state index contributed by atoms with van der Waals surface area (Å²) in [6.07, 6.45) is 3.83. The van der Waals surface area contributed by atoms with Crippen LogP contribution in [0, 0.1) is 24.7 Å². The molecule has 2 aromatic rings. The molecule has 2 aliphatic carbocycles. The Kier molecular flexibility index (Phi) is 2.87. The van der Waals surface area contributed by atoms with Crippen molar-refractivity contribution in [1.82, 2.24) is 4.90 Å². The number of nitrogens with zero attached hydrogens (tertiary/aromatic N) is 1. The summed E-state index contributed by atoms with van der Waals surface area (Å²) >= 11 is 0. The average molecular weight is 345 g/mol. The minimum atomic E-state index is -0.743. The van der Waals surface area contributed by atoms with Gasteiger partial charge in [0.2, 0.25) is 0 Å². The summed E-state index contributed by atoms with van der Waals surface area (Å²) < 4.78 is 6.68. The fourth-order valence-electron chi connectivity index (χ4n) is 6.25. The van der Waals surface area contributed by atoms with Gasteiger partial charge >= 0.3 is 0 Å². The van der Waals surface area contributed by atoms with Gasteiger partial charge in [-0.2, -0.15) is 0 Å². The van der Waals surface area contributed by atoms with Gasteiger partial charge in [0.1, 0.15) is 0 Å². The van der Waals surface area contributed by atoms with E-state index in [0.29, 0.717) is 17.9 Å². The molecule has 0 spiro atoms. The van der Waals surface area contributed by atoms with Crippen LogP contribution in [0.4, 0.5) is 0 Å². The van der Waals surface area contributed by atoms with Gasteiger partial charge in [0.25, 0.3) is 5.91 Å². The Morgan fingerprint density at radius 2 is 1.81 bits per heavy atom. The third-order valence-corrected chi connectivity index (χ3v) is 7.35. The molecule has 0 unspecified atom stereocenters. The highest BCUT2D eigenvalue weighted by Crippen LogP contribution is 2.59. The summed E-state index contributed by atoms with van der Waals surface area (Å²) in [7, 11) is 0. The molecule has 0 N–H and O–H groups in total. The third-order valence-electron chi connectivity index (χ3n) is 7.35. The zero-order valence-electron chi connectivity index (χ0n) is 15.0. The SMILES string of the molecule is Cc1ccc([C@@]23OC[C@H]4[C@@H]5CC[C@@H](C5)[C@H]4N2C(=O)c2ccccc23)cc1. The lowest BCUT2D eigenvalue weighted by atomic mass is 9.80. The predicted octanol–water partition coefficient (Wildman–Crippen LogP) is 4.10. The molecule has 26 heavy (non-hydrogen) atoms. The van der Waals surface area contributed by atoms with Gasteiger partial charge in [-0.3, -0.25) is 9.69 Å². The lowest BCUT2D eigenvalue weighted by Gasteiger charge is -2.52. The van der Waals surface area contributed by atoms with Crippen LogP contribution in [0.1, 0.15) is 46.3 Å². The van der Waals surface area contributed by atoms with Crippen LogP contribution < -0.4 is 0 Å². The number of carbonyl (C=O) groups is 1. The van der Waals surface area contributed by atoms with Crippen molar-refractivity contribution in [3.05, 3.63) is 70.8 Å². The molecule has 3 heteroatoms. The number of carbonyl (C=O) groups excluding carboxylic acids is 1. The summed E-state index contributed by atoms with van der Waals surface area (Å²) in [6, 6.07) is 16.9. The summed E-state index contributed by atoms with van der Waals surface area (Å²) in [5.74, 6) is 2.03. The van der Waals surface area contributed by atoms with Crippen LogP contribution in [0.3, 0.4) is 0 Å². The summed E-state index contributed by atoms with van der Waals surface area (Å²) in [5, 5.41) is 0. The first-order valence-electron chi connectivity index (χ1n) is 9.84. The van der Waals surface area contributed by atoms with E-state index in [0.717, 1.165) is 29.2 Å². The zero-order valence-corrected chi connectivity index (χ0v) is 15.0. The highest BCUT2D eigenvalue weighted by molar-refractivity contribution is 6.00. The van der Waals surface area contributed by atoms with E-state index in [2.05, 4.69) is 42.2 Å². The molecular weight excluding hydrogens is 322 g/mol. The summed E-state index contributed by atoms with van der Waals surface area (Å²) in [6.45, 7) is 2.86. The number of hydrogen-bond donors (Lipinski definition) is 0. The van der Waals surface area contributed by atoms with Crippen molar-refractivity contribution in [2.75, 3.05) is 6.61 Å². The number of fused-ring (bicyclic) bond motifs is 9. The van der Waals surface area contributed by atoms with Gasteiger partial charge in [0, 0.05) is 28.7 Å². The second-order valence-electron chi connectivity index (χ2n) is 8.53. The number of amides is 1.